The summed E-state index contributed by atoms with van der Waals surface area (Å²) in [6, 6.07) is 2.43. The third-order valence-electron chi connectivity index (χ3n) is 3.35. The van der Waals surface area contributed by atoms with E-state index in [1.807, 2.05) is 0 Å². The molecule has 0 fully saturated rings. The zero-order valence-corrected chi connectivity index (χ0v) is 12.1. The van der Waals surface area contributed by atoms with Crippen molar-refractivity contribution >= 4 is 5.78 Å². The molecule has 21 heavy (non-hydrogen) atoms. The Balaban J connectivity index is 2.55. The van der Waals surface area contributed by atoms with Gasteiger partial charge in [-0.25, -0.2) is 4.39 Å². The van der Waals surface area contributed by atoms with Gasteiger partial charge in [-0.3, -0.25) is 4.79 Å². The molecule has 0 aromatic heterocycles. The highest BCUT2D eigenvalue weighted by atomic mass is 19.4. The molecule has 0 aliphatic carbocycles. The molecule has 0 spiro atoms. The lowest BCUT2D eigenvalue weighted by atomic mass is 10.0. The van der Waals surface area contributed by atoms with Crippen molar-refractivity contribution < 1.29 is 22.4 Å². The summed E-state index contributed by atoms with van der Waals surface area (Å²) in [6.45, 7) is 2.11. The Hall–Kier alpha value is -1.39. The van der Waals surface area contributed by atoms with Gasteiger partial charge in [0.2, 0.25) is 0 Å². The number of rotatable bonds is 8. The minimum Gasteiger partial charge on any atom is -0.294 e. The summed E-state index contributed by atoms with van der Waals surface area (Å²) in [5.74, 6) is -1.71. The van der Waals surface area contributed by atoms with Crippen molar-refractivity contribution in [3.8, 4) is 0 Å². The Bertz CT molecular complexity index is 466. The number of carbonyl (C=O) groups excluding carboxylic acids is 1. The van der Waals surface area contributed by atoms with Crippen molar-refractivity contribution in [2.45, 2.75) is 58.0 Å². The molecule has 0 bridgehead atoms. The first kappa shape index (κ1) is 17.7. The number of alkyl halides is 3. The molecular formula is C16H20F4O. The maximum absolute atomic E-state index is 13.1. The topological polar surface area (TPSA) is 17.1 Å². The van der Waals surface area contributed by atoms with Crippen LogP contribution in [0.2, 0.25) is 0 Å². The van der Waals surface area contributed by atoms with E-state index in [1.165, 1.54) is 0 Å². The molecule has 0 aliphatic rings. The van der Waals surface area contributed by atoms with Crippen LogP contribution in [0, 0.1) is 5.82 Å². The monoisotopic (exact) mass is 304 g/mol. The number of hydrogen-bond donors (Lipinski definition) is 0. The fraction of sp³-hybridized carbons (Fsp3) is 0.562. The lowest BCUT2D eigenvalue weighted by molar-refractivity contribution is -0.140. The summed E-state index contributed by atoms with van der Waals surface area (Å²) in [6.07, 6.45) is 1.39. The molecule has 1 aromatic carbocycles. The third-order valence-corrected chi connectivity index (χ3v) is 3.35. The molecule has 1 aromatic rings. The van der Waals surface area contributed by atoms with Crippen LogP contribution in [-0.2, 0) is 6.18 Å². The molecule has 0 unspecified atom stereocenters. The molecular weight excluding hydrogens is 284 g/mol. The predicted molar refractivity (Wildman–Crippen MR) is 73.7 cm³/mol. The smallest absolute Gasteiger partial charge is 0.294 e. The molecule has 0 atom stereocenters. The highest BCUT2D eigenvalue weighted by molar-refractivity contribution is 5.96. The van der Waals surface area contributed by atoms with Gasteiger partial charge in [0.15, 0.2) is 5.78 Å². The second-order valence-electron chi connectivity index (χ2n) is 5.13. The Morgan fingerprint density at radius 1 is 1.05 bits per heavy atom. The maximum atomic E-state index is 13.1. The minimum absolute atomic E-state index is 0.0720. The van der Waals surface area contributed by atoms with E-state index in [-0.39, 0.29) is 17.8 Å². The van der Waals surface area contributed by atoms with E-state index in [1.54, 1.807) is 0 Å². The van der Waals surface area contributed by atoms with Crippen LogP contribution in [-0.4, -0.2) is 5.78 Å². The Labute approximate surface area is 122 Å². The lowest BCUT2D eigenvalue weighted by Crippen LogP contribution is -2.10. The predicted octanol–water partition coefficient (Wildman–Crippen LogP) is 5.78. The van der Waals surface area contributed by atoms with Gasteiger partial charge < -0.3 is 0 Å². The van der Waals surface area contributed by atoms with Crippen LogP contribution < -0.4 is 0 Å². The van der Waals surface area contributed by atoms with Gasteiger partial charge in [-0.05, 0) is 24.6 Å². The van der Waals surface area contributed by atoms with Gasteiger partial charge >= 0.3 is 6.18 Å². The van der Waals surface area contributed by atoms with Crippen LogP contribution in [0.5, 0.6) is 0 Å². The first-order valence-electron chi connectivity index (χ1n) is 7.26. The van der Waals surface area contributed by atoms with Gasteiger partial charge in [0, 0.05) is 12.0 Å². The molecule has 0 amide bonds. The van der Waals surface area contributed by atoms with E-state index in [4.69, 9.17) is 0 Å². The summed E-state index contributed by atoms with van der Waals surface area (Å²) in [4.78, 5) is 11.8. The van der Waals surface area contributed by atoms with Gasteiger partial charge in [0.1, 0.15) is 5.82 Å². The van der Waals surface area contributed by atoms with Crippen molar-refractivity contribution in [2.24, 2.45) is 0 Å². The van der Waals surface area contributed by atoms with Crippen LogP contribution >= 0.6 is 0 Å². The quantitative estimate of drug-likeness (QED) is 0.338. The second kappa shape index (κ2) is 8.15. The summed E-state index contributed by atoms with van der Waals surface area (Å²) in [5, 5.41) is 0. The van der Waals surface area contributed by atoms with Crippen molar-refractivity contribution in [1.29, 1.82) is 0 Å². The molecule has 0 aliphatic heterocycles. The molecule has 0 saturated carbocycles. The van der Waals surface area contributed by atoms with Crippen LogP contribution in [0.3, 0.4) is 0 Å². The van der Waals surface area contributed by atoms with E-state index in [2.05, 4.69) is 6.92 Å². The normalized spacial score (nSPS) is 11.7. The minimum atomic E-state index is -4.78. The summed E-state index contributed by atoms with van der Waals surface area (Å²) >= 11 is 0. The van der Waals surface area contributed by atoms with Crippen molar-refractivity contribution in [1.82, 2.24) is 0 Å². The molecule has 0 heterocycles. The summed E-state index contributed by atoms with van der Waals surface area (Å²) in [5.41, 5.74) is -1.45. The molecule has 0 saturated heterocycles. The zero-order chi connectivity index (χ0) is 15.9. The van der Waals surface area contributed by atoms with E-state index in [0.717, 1.165) is 38.2 Å². The van der Waals surface area contributed by atoms with E-state index < -0.39 is 17.6 Å². The highest BCUT2D eigenvalue weighted by Crippen LogP contribution is 2.32. The van der Waals surface area contributed by atoms with E-state index >= 15 is 0 Å². The summed E-state index contributed by atoms with van der Waals surface area (Å²) in [7, 11) is 0. The van der Waals surface area contributed by atoms with Crippen LogP contribution in [0.15, 0.2) is 18.2 Å². The molecule has 0 N–H and O–H groups in total. The Kier molecular flexibility index (Phi) is 6.85. The Morgan fingerprint density at radius 2 is 1.67 bits per heavy atom. The average molecular weight is 304 g/mol. The number of hydrogen-bond acceptors (Lipinski definition) is 1. The van der Waals surface area contributed by atoms with Crippen LogP contribution in [0.1, 0.15) is 67.8 Å². The van der Waals surface area contributed by atoms with Crippen molar-refractivity contribution in [2.75, 3.05) is 0 Å². The molecule has 118 valence electrons. The number of benzene rings is 1. The average Bonchev–Trinajstić information content (AvgIpc) is 2.41. The van der Waals surface area contributed by atoms with Gasteiger partial charge in [-0.15, -0.1) is 0 Å². The molecule has 5 heteroatoms. The largest absolute Gasteiger partial charge is 0.419 e. The van der Waals surface area contributed by atoms with Crippen LogP contribution in [0.25, 0.3) is 0 Å². The second-order valence-corrected chi connectivity index (χ2v) is 5.13. The number of carbonyl (C=O) groups is 1. The molecule has 1 rings (SSSR count). The van der Waals surface area contributed by atoms with E-state index in [0.29, 0.717) is 18.6 Å². The van der Waals surface area contributed by atoms with Crippen LogP contribution in [0.4, 0.5) is 17.6 Å². The SMILES string of the molecule is CCCCCCCCC(=O)c1ccc(F)c(C(F)(F)F)c1. The van der Waals surface area contributed by atoms with Gasteiger partial charge in [0.05, 0.1) is 5.56 Å². The van der Waals surface area contributed by atoms with Gasteiger partial charge in [-0.2, -0.15) is 13.2 Å². The summed E-state index contributed by atoms with van der Waals surface area (Å²) < 4.78 is 50.8. The number of halogens is 4. The first-order valence-corrected chi connectivity index (χ1v) is 7.26. The number of ketones is 1. The zero-order valence-electron chi connectivity index (χ0n) is 12.1. The third kappa shape index (κ3) is 5.86. The Morgan fingerprint density at radius 3 is 2.29 bits per heavy atom. The highest BCUT2D eigenvalue weighted by Gasteiger charge is 2.34. The molecule has 0 radical (unpaired) electrons. The maximum Gasteiger partial charge on any atom is 0.419 e. The first-order chi connectivity index (χ1) is 9.86. The molecule has 1 nitrogen and oxygen atoms in total. The van der Waals surface area contributed by atoms with Crippen molar-refractivity contribution in [3.63, 3.8) is 0 Å². The fourth-order valence-electron chi connectivity index (χ4n) is 2.13. The van der Waals surface area contributed by atoms with Crippen molar-refractivity contribution in [3.05, 3.63) is 35.1 Å². The fourth-order valence-corrected chi connectivity index (χ4v) is 2.13. The van der Waals surface area contributed by atoms with Gasteiger partial charge in [-0.1, -0.05) is 39.0 Å². The van der Waals surface area contributed by atoms with E-state index in [9.17, 15) is 22.4 Å². The van der Waals surface area contributed by atoms with Gasteiger partial charge in [0.25, 0.3) is 0 Å². The lowest BCUT2D eigenvalue weighted by Gasteiger charge is -2.09. The number of unbranched alkanes of at least 4 members (excludes halogenated alkanes) is 5. The standard InChI is InChI=1S/C16H20F4O/c1-2-3-4-5-6-7-8-15(21)12-9-10-14(17)13(11-12)16(18,19)20/h9-11H,2-8H2,1H3. The number of Topliss-reactive ketones (excluding diaryl/α,β-unsaturated/α-hetero) is 1.